The Kier molecular flexibility index (Phi) is 6.11. The fraction of sp³-hybridized carbons (Fsp3) is 1.00. The lowest BCUT2D eigenvalue weighted by Crippen LogP contribution is -2.41. The molecule has 0 rings (SSSR count). The highest BCUT2D eigenvalue weighted by molar-refractivity contribution is 8.21. The van der Waals surface area contributed by atoms with Crippen molar-refractivity contribution in [1.82, 2.24) is 0 Å². The Hall–Kier alpha value is 0.280. The summed E-state index contributed by atoms with van der Waals surface area (Å²) in [6, 6.07) is 0. The standard InChI is InChI=1S/C6H9ClF4O2S/c7-14-6(10,13-11)5(8,9)3-1-2-4-12/h12H,1-4H2. The van der Waals surface area contributed by atoms with Crippen LogP contribution in [0.2, 0.25) is 0 Å². The third-order valence-corrected chi connectivity index (χ3v) is 2.69. The summed E-state index contributed by atoms with van der Waals surface area (Å²) >= 11 is 0. The van der Waals surface area contributed by atoms with Gasteiger partial charge in [-0.2, -0.15) is 13.2 Å². The van der Waals surface area contributed by atoms with Crippen LogP contribution in [0.3, 0.4) is 0 Å². The molecule has 0 spiro atoms. The zero-order valence-corrected chi connectivity index (χ0v) is 8.55. The number of halogens is 5. The molecule has 8 heteroatoms. The molecule has 2 nitrogen and oxygen atoms in total. The van der Waals surface area contributed by atoms with Gasteiger partial charge in [0.05, 0.1) is 0 Å². The van der Waals surface area contributed by atoms with Crippen molar-refractivity contribution in [3.05, 3.63) is 0 Å². The predicted molar refractivity (Wildman–Crippen MR) is 45.4 cm³/mol. The van der Waals surface area contributed by atoms with Crippen LogP contribution in [-0.4, -0.2) is 22.8 Å². The molecule has 86 valence electrons. The minimum absolute atomic E-state index is 0.0743. The summed E-state index contributed by atoms with van der Waals surface area (Å²) in [4.78, 5) is 2.53. The SMILES string of the molecule is OCCCCC(F)(F)C(F)(OF)SCl. The first-order valence-corrected chi connectivity index (χ1v) is 5.35. The quantitative estimate of drug-likeness (QED) is 0.431. The van der Waals surface area contributed by atoms with Gasteiger partial charge in [-0.3, -0.25) is 0 Å². The third kappa shape index (κ3) is 3.45. The number of aliphatic hydroxyl groups is 1. The summed E-state index contributed by atoms with van der Waals surface area (Å²) in [7, 11) is 4.19. The average Bonchev–Trinajstić information content (AvgIpc) is 2.16. The summed E-state index contributed by atoms with van der Waals surface area (Å²) in [6.45, 7) is -0.292. The Bertz CT molecular complexity index is 168. The van der Waals surface area contributed by atoms with Gasteiger partial charge >= 0.3 is 11.1 Å². The van der Waals surface area contributed by atoms with E-state index in [2.05, 4.69) is 4.94 Å². The van der Waals surface area contributed by atoms with Crippen LogP contribution in [0.1, 0.15) is 19.3 Å². The maximum Gasteiger partial charge on any atom is 0.368 e. The molecule has 0 aromatic rings. The Morgan fingerprint density at radius 3 is 2.21 bits per heavy atom. The highest BCUT2D eigenvalue weighted by Gasteiger charge is 2.58. The maximum absolute atomic E-state index is 12.9. The van der Waals surface area contributed by atoms with Crippen molar-refractivity contribution in [2.24, 2.45) is 0 Å². The molecule has 0 amide bonds. The molecular weight excluding hydrogens is 248 g/mol. The molecule has 0 fully saturated rings. The molecule has 0 aliphatic carbocycles. The minimum atomic E-state index is -4.04. The summed E-state index contributed by atoms with van der Waals surface area (Å²) in [5.41, 5.74) is 0. The molecule has 0 aliphatic rings. The number of rotatable bonds is 7. The van der Waals surface area contributed by atoms with Crippen molar-refractivity contribution in [3.63, 3.8) is 0 Å². The van der Waals surface area contributed by atoms with Crippen molar-refractivity contribution >= 4 is 21.7 Å². The van der Waals surface area contributed by atoms with Crippen molar-refractivity contribution in [1.29, 1.82) is 0 Å². The number of unbranched alkanes of at least 4 members (excludes halogenated alkanes) is 1. The van der Waals surface area contributed by atoms with E-state index in [1.54, 1.807) is 0 Å². The molecule has 1 N–H and O–H groups in total. The molecule has 14 heavy (non-hydrogen) atoms. The van der Waals surface area contributed by atoms with E-state index in [1.165, 1.54) is 0 Å². The Labute approximate surface area is 87.0 Å². The van der Waals surface area contributed by atoms with Crippen LogP contribution < -0.4 is 0 Å². The van der Waals surface area contributed by atoms with E-state index in [0.29, 0.717) is 0 Å². The van der Waals surface area contributed by atoms with E-state index in [4.69, 9.17) is 15.8 Å². The number of aliphatic hydroxyl groups excluding tert-OH is 1. The lowest BCUT2D eigenvalue weighted by atomic mass is 10.1. The van der Waals surface area contributed by atoms with Crippen LogP contribution in [0.5, 0.6) is 0 Å². The Morgan fingerprint density at radius 2 is 1.86 bits per heavy atom. The fourth-order valence-corrected chi connectivity index (χ4v) is 1.38. The van der Waals surface area contributed by atoms with E-state index in [1.807, 2.05) is 0 Å². The number of hydrogen-bond donors (Lipinski definition) is 1. The van der Waals surface area contributed by atoms with E-state index in [9.17, 15) is 17.7 Å². The van der Waals surface area contributed by atoms with Gasteiger partial charge in [0.2, 0.25) is 0 Å². The van der Waals surface area contributed by atoms with Gasteiger partial charge in [-0.1, -0.05) is 0 Å². The molecule has 0 aromatic heterocycles. The van der Waals surface area contributed by atoms with Crippen molar-refractivity contribution in [2.45, 2.75) is 30.4 Å². The third-order valence-electron chi connectivity index (χ3n) is 1.53. The molecule has 0 saturated carbocycles. The van der Waals surface area contributed by atoms with Crippen LogP contribution in [-0.2, 0) is 4.94 Å². The van der Waals surface area contributed by atoms with Gasteiger partial charge in [-0.25, -0.2) is 0 Å². The van der Waals surface area contributed by atoms with Crippen molar-refractivity contribution in [3.8, 4) is 0 Å². The average molecular weight is 257 g/mol. The fourth-order valence-electron chi connectivity index (χ4n) is 0.733. The summed E-state index contributed by atoms with van der Waals surface area (Å²) in [6.07, 6.45) is -1.03. The topological polar surface area (TPSA) is 29.5 Å². The first-order chi connectivity index (χ1) is 6.43. The Morgan fingerprint density at radius 1 is 1.29 bits per heavy atom. The van der Waals surface area contributed by atoms with Crippen LogP contribution in [0.4, 0.5) is 17.7 Å². The second kappa shape index (κ2) is 5.99. The zero-order valence-electron chi connectivity index (χ0n) is 6.98. The van der Waals surface area contributed by atoms with E-state index in [-0.39, 0.29) is 19.4 Å². The van der Waals surface area contributed by atoms with Crippen LogP contribution >= 0.6 is 21.7 Å². The molecule has 0 saturated heterocycles. The van der Waals surface area contributed by atoms with Gasteiger partial charge in [-0.05, 0) is 28.1 Å². The second-order valence-corrected chi connectivity index (χ2v) is 3.72. The maximum atomic E-state index is 12.9. The number of hydrogen-bond acceptors (Lipinski definition) is 3. The smallest absolute Gasteiger partial charge is 0.368 e. The molecular formula is C6H9ClF4O2S. The summed E-state index contributed by atoms with van der Waals surface area (Å²) < 4.78 is 50.2. The minimum Gasteiger partial charge on any atom is -0.396 e. The van der Waals surface area contributed by atoms with Crippen molar-refractivity contribution < 1.29 is 27.7 Å². The molecule has 1 atom stereocenters. The van der Waals surface area contributed by atoms with Gasteiger partial charge in [0.15, 0.2) is 0 Å². The molecule has 0 radical (unpaired) electrons. The van der Waals surface area contributed by atoms with Gasteiger partial charge < -0.3 is 5.11 Å². The second-order valence-electron chi connectivity index (χ2n) is 2.58. The predicted octanol–water partition coefficient (Wildman–Crippen LogP) is 3.20. The lowest BCUT2D eigenvalue weighted by molar-refractivity contribution is -0.320. The normalized spacial score (nSPS) is 16.7. The monoisotopic (exact) mass is 256 g/mol. The van der Waals surface area contributed by atoms with Crippen molar-refractivity contribution in [2.75, 3.05) is 6.61 Å². The Balaban J connectivity index is 4.26. The first kappa shape index (κ1) is 14.3. The van der Waals surface area contributed by atoms with Gasteiger partial charge in [-0.15, -0.1) is 4.94 Å². The largest absolute Gasteiger partial charge is 0.396 e. The lowest BCUT2D eigenvalue weighted by Gasteiger charge is -2.26. The molecule has 0 aliphatic heterocycles. The van der Waals surface area contributed by atoms with E-state index in [0.717, 1.165) is 0 Å². The van der Waals surface area contributed by atoms with E-state index < -0.39 is 28.5 Å². The highest BCUT2D eigenvalue weighted by atomic mass is 35.7. The molecule has 0 heterocycles. The van der Waals surface area contributed by atoms with E-state index >= 15 is 0 Å². The van der Waals surface area contributed by atoms with Gasteiger partial charge in [0, 0.05) is 24.0 Å². The highest BCUT2D eigenvalue weighted by Crippen LogP contribution is 2.47. The van der Waals surface area contributed by atoms with Crippen LogP contribution in [0, 0.1) is 0 Å². The number of alkyl halides is 3. The summed E-state index contributed by atoms with van der Waals surface area (Å²) in [5, 5.41) is 4.43. The van der Waals surface area contributed by atoms with Crippen LogP contribution in [0.15, 0.2) is 0 Å². The summed E-state index contributed by atoms with van der Waals surface area (Å²) in [5.74, 6) is -4.04. The zero-order chi connectivity index (χ0) is 11.2. The van der Waals surface area contributed by atoms with Gasteiger partial charge in [0.25, 0.3) is 0 Å². The van der Waals surface area contributed by atoms with Gasteiger partial charge in [0.1, 0.15) is 0 Å². The first-order valence-electron chi connectivity index (χ1n) is 3.70. The molecule has 0 bridgehead atoms. The molecule has 1 unspecified atom stereocenters. The molecule has 0 aromatic carbocycles. The van der Waals surface area contributed by atoms with Crippen LogP contribution in [0.25, 0.3) is 0 Å².